The van der Waals surface area contributed by atoms with Gasteiger partial charge in [-0.2, -0.15) is 0 Å². The van der Waals surface area contributed by atoms with Gasteiger partial charge in [0.2, 0.25) is 11.8 Å². The average molecular weight is 409 g/mol. The Kier molecular flexibility index (Phi) is 6.68. The summed E-state index contributed by atoms with van der Waals surface area (Å²) in [6, 6.07) is 15.4. The lowest BCUT2D eigenvalue weighted by Crippen LogP contribution is -2.51. The van der Waals surface area contributed by atoms with Crippen molar-refractivity contribution in [3.8, 4) is 5.75 Å². The first-order chi connectivity index (χ1) is 14.3. The minimum atomic E-state index is -0.561. The van der Waals surface area contributed by atoms with Gasteiger partial charge >= 0.3 is 0 Å². The molecule has 2 unspecified atom stereocenters. The zero-order chi connectivity index (χ0) is 21.7. The molecule has 1 fully saturated rings. The van der Waals surface area contributed by atoms with Crippen LogP contribution in [0, 0.1) is 5.41 Å². The van der Waals surface area contributed by atoms with Crippen molar-refractivity contribution in [1.29, 1.82) is 5.41 Å². The lowest BCUT2D eigenvalue weighted by Gasteiger charge is -2.27. The molecule has 158 valence electrons. The maximum Gasteiger partial charge on any atom is 0.237 e. The highest BCUT2D eigenvalue weighted by Gasteiger charge is 2.41. The molecule has 6 N–H and O–H groups in total. The molecule has 8 heteroatoms. The normalized spacial score (nSPS) is 19.8. The first-order valence-corrected chi connectivity index (χ1v) is 9.83. The van der Waals surface area contributed by atoms with E-state index in [1.54, 1.807) is 24.0 Å². The number of carbonyl (C=O) groups is 2. The topological polar surface area (TPSA) is 135 Å². The van der Waals surface area contributed by atoms with Crippen molar-refractivity contribution in [3.05, 3.63) is 65.7 Å². The lowest BCUT2D eigenvalue weighted by molar-refractivity contribution is -0.129. The second-order valence-electron chi connectivity index (χ2n) is 7.41. The fourth-order valence-corrected chi connectivity index (χ4v) is 3.60. The van der Waals surface area contributed by atoms with Crippen LogP contribution in [0.25, 0.3) is 0 Å². The van der Waals surface area contributed by atoms with E-state index in [2.05, 4.69) is 5.32 Å². The smallest absolute Gasteiger partial charge is 0.237 e. The Bertz CT molecular complexity index is 901. The third-order valence-electron chi connectivity index (χ3n) is 5.28. The van der Waals surface area contributed by atoms with Crippen LogP contribution < -0.4 is 21.5 Å². The van der Waals surface area contributed by atoms with Crippen molar-refractivity contribution in [3.63, 3.8) is 0 Å². The molecule has 0 spiro atoms. The highest BCUT2D eigenvalue weighted by molar-refractivity contribution is 5.94. The van der Waals surface area contributed by atoms with Crippen LogP contribution >= 0.6 is 0 Å². The van der Waals surface area contributed by atoms with Crippen molar-refractivity contribution in [2.75, 3.05) is 6.54 Å². The van der Waals surface area contributed by atoms with Crippen molar-refractivity contribution in [2.45, 2.75) is 38.1 Å². The van der Waals surface area contributed by atoms with E-state index in [0.717, 1.165) is 11.3 Å². The molecule has 2 amide bonds. The SMILES string of the molecule is C[C@@H](C(=O)NCc1ccc(C(=N)N)cc1)N1CC(Oc2ccccc2)CC1C(N)=O. The van der Waals surface area contributed by atoms with Crippen LogP contribution in [0.2, 0.25) is 0 Å². The van der Waals surface area contributed by atoms with Gasteiger partial charge in [0.1, 0.15) is 17.7 Å². The minimum absolute atomic E-state index is 0.00184. The summed E-state index contributed by atoms with van der Waals surface area (Å²) in [7, 11) is 0. The number of nitrogens with two attached hydrogens (primary N) is 2. The first kappa shape index (κ1) is 21.3. The summed E-state index contributed by atoms with van der Waals surface area (Å²) in [5, 5.41) is 10.3. The van der Waals surface area contributed by atoms with Crippen molar-refractivity contribution in [2.24, 2.45) is 11.5 Å². The van der Waals surface area contributed by atoms with Crippen molar-refractivity contribution in [1.82, 2.24) is 10.2 Å². The number of nitrogen functional groups attached to an aromatic ring is 1. The lowest BCUT2D eigenvalue weighted by atomic mass is 10.1. The Balaban J connectivity index is 1.60. The standard InChI is InChI=1S/C22H27N5O3/c1-14(22(29)26-12-15-7-9-16(10-8-15)20(23)24)27-13-18(11-19(27)21(25)28)30-17-5-3-2-4-6-17/h2-10,14,18-19H,11-13H2,1H3,(H3,23,24)(H2,25,28)(H,26,29)/t14-,18?,19?/m0/s1. The quantitative estimate of drug-likeness (QED) is 0.381. The van der Waals surface area contributed by atoms with Crippen LogP contribution in [0.5, 0.6) is 5.75 Å². The molecule has 0 bridgehead atoms. The van der Waals surface area contributed by atoms with Gasteiger partial charge < -0.3 is 21.5 Å². The summed E-state index contributed by atoms with van der Waals surface area (Å²) in [6.45, 7) is 2.53. The molecule has 3 atom stereocenters. The van der Waals surface area contributed by atoms with Gasteiger partial charge in [-0.05, 0) is 24.6 Å². The molecular weight excluding hydrogens is 382 g/mol. The highest BCUT2D eigenvalue weighted by Crippen LogP contribution is 2.25. The zero-order valence-corrected chi connectivity index (χ0v) is 16.9. The van der Waals surface area contributed by atoms with E-state index in [0.29, 0.717) is 25.1 Å². The second-order valence-corrected chi connectivity index (χ2v) is 7.41. The van der Waals surface area contributed by atoms with Gasteiger partial charge in [0.05, 0.1) is 12.1 Å². The number of carbonyl (C=O) groups excluding carboxylic acids is 2. The number of ether oxygens (including phenoxy) is 1. The van der Waals surface area contributed by atoms with E-state index in [1.807, 2.05) is 42.5 Å². The summed E-state index contributed by atoms with van der Waals surface area (Å²) in [6.07, 6.45) is 0.216. The number of hydrogen-bond acceptors (Lipinski definition) is 5. The van der Waals surface area contributed by atoms with Crippen LogP contribution in [0.4, 0.5) is 0 Å². The molecule has 0 aliphatic carbocycles. The van der Waals surface area contributed by atoms with Crippen molar-refractivity contribution < 1.29 is 14.3 Å². The van der Waals surface area contributed by atoms with E-state index in [1.165, 1.54) is 0 Å². The molecule has 1 saturated heterocycles. The second kappa shape index (κ2) is 9.41. The van der Waals surface area contributed by atoms with Crippen LogP contribution in [-0.2, 0) is 16.1 Å². The molecule has 8 nitrogen and oxygen atoms in total. The van der Waals surface area contributed by atoms with Crippen LogP contribution in [0.1, 0.15) is 24.5 Å². The van der Waals surface area contributed by atoms with Gasteiger partial charge in [-0.1, -0.05) is 42.5 Å². The summed E-state index contributed by atoms with van der Waals surface area (Å²) in [5.41, 5.74) is 12.6. The predicted octanol–water partition coefficient (Wildman–Crippen LogP) is 0.983. The largest absolute Gasteiger partial charge is 0.489 e. The Morgan fingerprint density at radius 2 is 1.83 bits per heavy atom. The maximum absolute atomic E-state index is 12.7. The molecule has 30 heavy (non-hydrogen) atoms. The summed E-state index contributed by atoms with van der Waals surface area (Å²) < 4.78 is 5.97. The average Bonchev–Trinajstić information content (AvgIpc) is 3.16. The Morgan fingerprint density at radius 3 is 2.43 bits per heavy atom. The summed E-state index contributed by atoms with van der Waals surface area (Å²) >= 11 is 0. The number of likely N-dealkylation sites (tertiary alicyclic amines) is 1. The third kappa shape index (κ3) is 5.15. The molecule has 1 aliphatic rings. The monoisotopic (exact) mass is 409 g/mol. The van der Waals surface area contributed by atoms with E-state index >= 15 is 0 Å². The van der Waals surface area contributed by atoms with E-state index < -0.39 is 18.0 Å². The third-order valence-corrected chi connectivity index (χ3v) is 5.28. The van der Waals surface area contributed by atoms with Crippen LogP contribution in [0.3, 0.4) is 0 Å². The van der Waals surface area contributed by atoms with Gasteiger partial charge in [0.15, 0.2) is 0 Å². The molecule has 0 saturated carbocycles. The number of benzene rings is 2. The minimum Gasteiger partial charge on any atom is -0.489 e. The maximum atomic E-state index is 12.7. The van der Waals surface area contributed by atoms with Gasteiger partial charge in [-0.15, -0.1) is 0 Å². The molecule has 0 aromatic heterocycles. The van der Waals surface area contributed by atoms with E-state index in [9.17, 15) is 9.59 Å². The molecule has 2 aromatic carbocycles. The molecule has 1 aliphatic heterocycles. The van der Waals surface area contributed by atoms with Gasteiger partial charge in [0.25, 0.3) is 0 Å². The Labute approximate surface area is 175 Å². The van der Waals surface area contributed by atoms with E-state index in [-0.39, 0.29) is 17.8 Å². The van der Waals surface area contributed by atoms with Crippen LogP contribution in [0.15, 0.2) is 54.6 Å². The van der Waals surface area contributed by atoms with Gasteiger partial charge in [0, 0.05) is 25.1 Å². The fraction of sp³-hybridized carbons (Fsp3) is 0.318. The Hall–Kier alpha value is -3.39. The summed E-state index contributed by atoms with van der Waals surface area (Å²) in [4.78, 5) is 26.5. The first-order valence-electron chi connectivity index (χ1n) is 9.83. The van der Waals surface area contributed by atoms with Gasteiger partial charge in [-0.3, -0.25) is 19.9 Å². The molecule has 1 heterocycles. The number of nitrogens with zero attached hydrogens (tertiary/aromatic N) is 1. The number of amidine groups is 1. The zero-order valence-electron chi connectivity index (χ0n) is 16.9. The molecule has 3 rings (SSSR count). The van der Waals surface area contributed by atoms with Gasteiger partial charge in [-0.25, -0.2) is 0 Å². The number of rotatable bonds is 8. The number of amides is 2. The Morgan fingerprint density at radius 1 is 1.17 bits per heavy atom. The fourth-order valence-electron chi connectivity index (χ4n) is 3.60. The number of primary amides is 1. The molecular formula is C22H27N5O3. The molecule has 2 aromatic rings. The van der Waals surface area contributed by atoms with Crippen LogP contribution in [-0.4, -0.2) is 47.3 Å². The summed E-state index contributed by atoms with van der Waals surface area (Å²) in [5.74, 6) is 0.0579. The molecule has 0 radical (unpaired) electrons. The number of nitrogens with one attached hydrogen (secondary N) is 2. The predicted molar refractivity (Wildman–Crippen MR) is 114 cm³/mol. The highest BCUT2D eigenvalue weighted by atomic mass is 16.5. The van der Waals surface area contributed by atoms with E-state index in [4.69, 9.17) is 21.6 Å². The van der Waals surface area contributed by atoms with Crippen molar-refractivity contribution >= 4 is 17.6 Å². The number of hydrogen-bond donors (Lipinski definition) is 4. The number of para-hydroxylation sites is 1.